The Kier molecular flexibility index (Phi) is 4.30. The Morgan fingerprint density at radius 3 is 1.95 bits per heavy atom. The highest BCUT2D eigenvalue weighted by Crippen LogP contribution is 2.24. The van der Waals surface area contributed by atoms with E-state index in [1.165, 1.54) is 6.07 Å². The van der Waals surface area contributed by atoms with Crippen LogP contribution in [0.4, 0.5) is 5.69 Å². The standard InChI is InChI=1S/C11H11NO7/c13-8-2-1-6(3-7(8)11(18)19)12(4-9(14)15)5-10(16)17/h1-3,13H,4-5H2,(H,14,15)(H,16,17)(H,18,19). The number of aromatic carboxylic acids is 1. The first-order chi connectivity index (χ1) is 8.81. The lowest BCUT2D eigenvalue weighted by molar-refractivity contribution is -0.136. The number of aromatic hydroxyl groups is 1. The number of carboxylic acids is 3. The van der Waals surface area contributed by atoms with E-state index in [1.807, 2.05) is 0 Å². The van der Waals surface area contributed by atoms with Crippen LogP contribution in [0.25, 0.3) is 0 Å². The summed E-state index contributed by atoms with van der Waals surface area (Å²) in [5.41, 5.74) is -0.349. The smallest absolute Gasteiger partial charge is 0.339 e. The van der Waals surface area contributed by atoms with Crippen LogP contribution in [-0.4, -0.2) is 51.4 Å². The third-order valence-electron chi connectivity index (χ3n) is 2.23. The number of phenols is 1. The van der Waals surface area contributed by atoms with Crippen LogP contribution >= 0.6 is 0 Å². The van der Waals surface area contributed by atoms with E-state index in [4.69, 9.17) is 15.3 Å². The third-order valence-corrected chi connectivity index (χ3v) is 2.23. The van der Waals surface area contributed by atoms with E-state index in [0.29, 0.717) is 0 Å². The predicted molar refractivity (Wildman–Crippen MR) is 62.6 cm³/mol. The van der Waals surface area contributed by atoms with Gasteiger partial charge in [0.15, 0.2) is 0 Å². The van der Waals surface area contributed by atoms with Crippen LogP contribution in [0.3, 0.4) is 0 Å². The molecule has 0 aromatic heterocycles. The summed E-state index contributed by atoms with van der Waals surface area (Å²) >= 11 is 0. The third kappa shape index (κ3) is 3.87. The van der Waals surface area contributed by atoms with E-state index in [1.54, 1.807) is 0 Å². The average molecular weight is 269 g/mol. The van der Waals surface area contributed by atoms with Crippen molar-refractivity contribution in [1.82, 2.24) is 0 Å². The van der Waals surface area contributed by atoms with Crippen LogP contribution in [0, 0.1) is 0 Å². The normalized spacial score (nSPS) is 9.89. The van der Waals surface area contributed by atoms with E-state index >= 15 is 0 Å². The van der Waals surface area contributed by atoms with Crippen LogP contribution in [0.1, 0.15) is 10.4 Å². The highest BCUT2D eigenvalue weighted by Gasteiger charge is 2.17. The Balaban J connectivity index is 3.14. The minimum atomic E-state index is -1.40. The lowest BCUT2D eigenvalue weighted by Crippen LogP contribution is -2.34. The molecule has 0 spiro atoms. The Hall–Kier alpha value is -2.77. The SMILES string of the molecule is O=C(O)CN(CC(=O)O)c1ccc(O)c(C(=O)O)c1. The summed E-state index contributed by atoms with van der Waals surface area (Å²) in [6, 6.07) is 3.33. The maximum atomic E-state index is 10.8. The molecule has 0 saturated heterocycles. The molecule has 8 heteroatoms. The largest absolute Gasteiger partial charge is 0.507 e. The number of nitrogens with zero attached hydrogens (tertiary/aromatic N) is 1. The number of hydrogen-bond donors (Lipinski definition) is 4. The summed E-state index contributed by atoms with van der Waals surface area (Å²) in [4.78, 5) is 33.1. The Bertz CT molecular complexity index is 510. The van der Waals surface area contributed by atoms with E-state index < -0.39 is 42.3 Å². The second kappa shape index (κ2) is 5.71. The zero-order chi connectivity index (χ0) is 14.6. The molecule has 0 aliphatic heterocycles. The second-order valence-corrected chi connectivity index (χ2v) is 3.65. The van der Waals surface area contributed by atoms with Gasteiger partial charge in [-0.2, -0.15) is 0 Å². The van der Waals surface area contributed by atoms with Crippen LogP contribution in [0.5, 0.6) is 5.75 Å². The molecule has 19 heavy (non-hydrogen) atoms. The van der Waals surface area contributed by atoms with Crippen molar-refractivity contribution in [1.29, 1.82) is 0 Å². The predicted octanol–water partition coefficient (Wildman–Crippen LogP) is 0.0660. The van der Waals surface area contributed by atoms with Crippen LogP contribution < -0.4 is 4.90 Å². The molecule has 0 unspecified atom stereocenters. The number of carbonyl (C=O) groups is 3. The quantitative estimate of drug-likeness (QED) is 0.569. The van der Waals surface area contributed by atoms with Gasteiger partial charge in [0.2, 0.25) is 0 Å². The van der Waals surface area contributed by atoms with Gasteiger partial charge in [-0.3, -0.25) is 9.59 Å². The molecule has 1 rings (SSSR count). The van der Waals surface area contributed by atoms with Crippen LogP contribution in [-0.2, 0) is 9.59 Å². The molecule has 0 aliphatic carbocycles. The van der Waals surface area contributed by atoms with Crippen molar-refractivity contribution < 1.29 is 34.8 Å². The number of anilines is 1. The van der Waals surface area contributed by atoms with Gasteiger partial charge in [-0.1, -0.05) is 0 Å². The van der Waals surface area contributed by atoms with Gasteiger partial charge in [-0.15, -0.1) is 0 Å². The van der Waals surface area contributed by atoms with Gasteiger partial charge in [0, 0.05) is 5.69 Å². The van der Waals surface area contributed by atoms with Crippen molar-refractivity contribution in [3.63, 3.8) is 0 Å². The molecule has 0 amide bonds. The first kappa shape index (κ1) is 14.3. The summed E-state index contributed by atoms with van der Waals surface area (Å²) in [6.07, 6.45) is 0. The van der Waals surface area contributed by atoms with Crippen molar-refractivity contribution in [2.75, 3.05) is 18.0 Å². The molecule has 0 bridgehead atoms. The number of benzene rings is 1. The number of carboxylic acid groups (broad SMARTS) is 3. The van der Waals surface area contributed by atoms with Gasteiger partial charge in [-0.25, -0.2) is 4.79 Å². The summed E-state index contributed by atoms with van der Waals surface area (Å²) in [5, 5.41) is 35.5. The lowest BCUT2D eigenvalue weighted by atomic mass is 10.1. The molecule has 1 aromatic carbocycles. The zero-order valence-electron chi connectivity index (χ0n) is 9.61. The number of rotatable bonds is 6. The van der Waals surface area contributed by atoms with Gasteiger partial charge in [0.1, 0.15) is 24.4 Å². The average Bonchev–Trinajstić information content (AvgIpc) is 2.27. The maximum Gasteiger partial charge on any atom is 0.339 e. The fourth-order valence-corrected chi connectivity index (χ4v) is 1.46. The minimum Gasteiger partial charge on any atom is -0.507 e. The molecule has 0 saturated carbocycles. The van der Waals surface area contributed by atoms with Crippen molar-refractivity contribution in [2.24, 2.45) is 0 Å². The fraction of sp³-hybridized carbons (Fsp3) is 0.182. The molecule has 8 nitrogen and oxygen atoms in total. The van der Waals surface area contributed by atoms with Gasteiger partial charge >= 0.3 is 17.9 Å². The molecule has 0 fully saturated rings. The van der Waals surface area contributed by atoms with Gasteiger partial charge in [0.25, 0.3) is 0 Å². The molecular formula is C11H11NO7. The monoisotopic (exact) mass is 269 g/mol. The molecule has 0 aliphatic rings. The van der Waals surface area contributed by atoms with Crippen LogP contribution in [0.15, 0.2) is 18.2 Å². The second-order valence-electron chi connectivity index (χ2n) is 3.65. The van der Waals surface area contributed by atoms with Gasteiger partial charge < -0.3 is 25.3 Å². The first-order valence-corrected chi connectivity index (χ1v) is 5.06. The summed E-state index contributed by atoms with van der Waals surface area (Å²) in [5.74, 6) is -4.40. The Labute approximate surface area is 107 Å². The first-order valence-electron chi connectivity index (χ1n) is 5.06. The van der Waals surface area contributed by atoms with Gasteiger partial charge in [0.05, 0.1) is 0 Å². The molecular weight excluding hydrogens is 258 g/mol. The van der Waals surface area contributed by atoms with Crippen LogP contribution in [0.2, 0.25) is 0 Å². The van der Waals surface area contributed by atoms with E-state index in [2.05, 4.69) is 0 Å². The molecule has 0 atom stereocenters. The zero-order valence-corrected chi connectivity index (χ0v) is 9.61. The Morgan fingerprint density at radius 2 is 1.53 bits per heavy atom. The minimum absolute atomic E-state index is 0.0833. The highest BCUT2D eigenvalue weighted by atomic mass is 16.4. The summed E-state index contributed by atoms with van der Waals surface area (Å²) < 4.78 is 0. The van der Waals surface area contributed by atoms with Crippen molar-refractivity contribution in [2.45, 2.75) is 0 Å². The molecule has 4 N–H and O–H groups in total. The maximum absolute atomic E-state index is 10.8. The van der Waals surface area contributed by atoms with Crippen molar-refractivity contribution >= 4 is 23.6 Å². The molecule has 0 heterocycles. The van der Waals surface area contributed by atoms with Crippen molar-refractivity contribution in [3.8, 4) is 5.75 Å². The highest BCUT2D eigenvalue weighted by molar-refractivity contribution is 5.92. The van der Waals surface area contributed by atoms with Crippen molar-refractivity contribution in [3.05, 3.63) is 23.8 Å². The molecule has 102 valence electrons. The number of aliphatic carboxylic acids is 2. The van der Waals surface area contributed by atoms with Gasteiger partial charge in [-0.05, 0) is 18.2 Å². The summed E-state index contributed by atoms with van der Waals surface area (Å²) in [6.45, 7) is -1.20. The van der Waals surface area contributed by atoms with E-state index in [0.717, 1.165) is 17.0 Å². The summed E-state index contributed by atoms with van der Waals surface area (Å²) in [7, 11) is 0. The topological polar surface area (TPSA) is 135 Å². The lowest BCUT2D eigenvalue weighted by Gasteiger charge is -2.21. The molecule has 1 aromatic rings. The number of hydrogen-bond acceptors (Lipinski definition) is 5. The van der Waals surface area contributed by atoms with E-state index in [-0.39, 0.29) is 5.69 Å². The fourth-order valence-electron chi connectivity index (χ4n) is 1.46. The molecule has 0 radical (unpaired) electrons. The Morgan fingerprint density at radius 1 is 1.00 bits per heavy atom. The van der Waals surface area contributed by atoms with E-state index in [9.17, 15) is 19.5 Å².